The predicted octanol–water partition coefficient (Wildman–Crippen LogP) is 2.11. The first kappa shape index (κ1) is 22.6. The zero-order chi connectivity index (χ0) is 19.0. The molecular weight excluding hydrogens is 381 g/mol. The minimum atomic E-state index is -1.81. The van der Waals surface area contributed by atoms with Gasteiger partial charge in [-0.1, -0.05) is 74.4 Å². The zero-order valence-corrected chi connectivity index (χ0v) is 18.5. The Kier molecular flexibility index (Phi) is 9.19. The highest BCUT2D eigenvalue weighted by molar-refractivity contribution is 7.96. The van der Waals surface area contributed by atoms with E-state index in [1.807, 2.05) is 0 Å². The number of unbranched alkanes of at least 4 members (excludes halogenated alkanes) is 2. The zero-order valence-electron chi connectivity index (χ0n) is 16.9. The van der Waals surface area contributed by atoms with E-state index in [1.54, 1.807) is 0 Å². The van der Waals surface area contributed by atoms with Crippen LogP contribution in [0.1, 0.15) is 32.6 Å². The van der Waals surface area contributed by atoms with Crippen LogP contribution in [0.3, 0.4) is 0 Å². The van der Waals surface area contributed by atoms with Crippen LogP contribution in [0.5, 0.6) is 0 Å². The van der Waals surface area contributed by atoms with Crippen LogP contribution in [0, 0.1) is 0 Å². The Morgan fingerprint density at radius 2 is 1.07 bits per heavy atom. The van der Waals surface area contributed by atoms with Crippen LogP contribution in [-0.4, -0.2) is 12.8 Å². The third-order valence-corrected chi connectivity index (χ3v) is 10.2. The molecule has 3 aromatic carbocycles. The summed E-state index contributed by atoms with van der Waals surface area (Å²) < 4.78 is 0. The summed E-state index contributed by atoms with van der Waals surface area (Å²) in [5, 5.41) is 8.12. The molecular formula is C25H31ClNP. The van der Waals surface area contributed by atoms with Crippen LogP contribution >= 0.6 is 7.26 Å². The molecule has 3 aromatic rings. The number of nitrogens with one attached hydrogen (secondary N) is 1. The molecule has 0 aromatic heterocycles. The van der Waals surface area contributed by atoms with E-state index >= 15 is 0 Å². The van der Waals surface area contributed by atoms with Gasteiger partial charge < -0.3 is 12.4 Å². The molecule has 0 aliphatic carbocycles. The van der Waals surface area contributed by atoms with Gasteiger partial charge in [0.1, 0.15) is 29.0 Å². The lowest BCUT2D eigenvalue weighted by molar-refractivity contribution is -0.00000544. The number of hydrogen-bond acceptors (Lipinski definition) is 1. The summed E-state index contributed by atoms with van der Waals surface area (Å²) in [7, 11) is 0.324. The van der Waals surface area contributed by atoms with Crippen LogP contribution < -0.4 is 33.6 Å². The first-order valence-electron chi connectivity index (χ1n) is 10.1. The van der Waals surface area contributed by atoms with Crippen molar-refractivity contribution < 1.29 is 12.4 Å². The molecule has 1 unspecified atom stereocenters. The molecule has 0 aliphatic rings. The smallest absolute Gasteiger partial charge is 0.133 e. The average Bonchev–Trinajstić information content (AvgIpc) is 2.75. The Balaban J connectivity index is 0.00000280. The highest BCUT2D eigenvalue weighted by Crippen LogP contribution is 2.59. The van der Waals surface area contributed by atoms with E-state index in [0.717, 1.165) is 0 Å². The molecule has 0 radical (unpaired) electrons. The van der Waals surface area contributed by atoms with Gasteiger partial charge in [0.15, 0.2) is 0 Å². The molecule has 0 saturated carbocycles. The molecule has 0 amide bonds. The summed E-state index contributed by atoms with van der Waals surface area (Å²) in [4.78, 5) is 0. The van der Waals surface area contributed by atoms with Crippen LogP contribution in [0.25, 0.3) is 0 Å². The second-order valence-electron chi connectivity index (χ2n) is 7.03. The highest BCUT2D eigenvalue weighted by Gasteiger charge is 2.51. The Labute approximate surface area is 177 Å². The maximum atomic E-state index is 3.75. The average molecular weight is 412 g/mol. The molecule has 148 valence electrons. The lowest BCUT2D eigenvalue weighted by atomic mass is 10.2. The highest BCUT2D eigenvalue weighted by atomic mass is 35.5. The Bertz CT molecular complexity index is 696. The van der Waals surface area contributed by atoms with E-state index in [9.17, 15) is 0 Å². The summed E-state index contributed by atoms with van der Waals surface area (Å²) in [6.07, 6.45) is 4.99. The van der Waals surface area contributed by atoms with Gasteiger partial charge in [-0.3, -0.25) is 5.32 Å². The fourth-order valence-electron chi connectivity index (χ4n) is 4.10. The van der Waals surface area contributed by atoms with Gasteiger partial charge in [0, 0.05) is 0 Å². The van der Waals surface area contributed by atoms with Gasteiger partial charge in [0.2, 0.25) is 0 Å². The normalized spacial score (nSPS) is 12.2. The van der Waals surface area contributed by atoms with Gasteiger partial charge in [-0.2, -0.15) is 0 Å². The quantitative estimate of drug-likeness (QED) is 0.420. The standard InChI is InChI=1S/C25H31NP.ClH/c1-3-4-8-21-25(26-2)27(22-15-9-5-10-16-22,23-17-11-6-12-18-23)24-19-13-7-14-20-24;/h5-7,9-20,25-26H,3-4,8,21H2,1-2H3;1H/q+1;/p-1. The summed E-state index contributed by atoms with van der Waals surface area (Å²) in [5.41, 5.74) is 0. The second-order valence-corrected chi connectivity index (χ2v) is 10.6. The minimum absolute atomic E-state index is 0. The van der Waals surface area contributed by atoms with E-state index in [0.29, 0.717) is 5.78 Å². The lowest BCUT2D eigenvalue weighted by Crippen LogP contribution is -3.00. The molecule has 0 heterocycles. The van der Waals surface area contributed by atoms with E-state index < -0.39 is 7.26 Å². The molecule has 0 spiro atoms. The molecule has 0 saturated heterocycles. The maximum absolute atomic E-state index is 3.75. The molecule has 0 bridgehead atoms. The Morgan fingerprint density at radius 3 is 1.39 bits per heavy atom. The predicted molar refractivity (Wildman–Crippen MR) is 122 cm³/mol. The van der Waals surface area contributed by atoms with Crippen LogP contribution in [-0.2, 0) is 0 Å². The number of rotatable bonds is 9. The van der Waals surface area contributed by atoms with Gasteiger partial charge in [-0.05, 0) is 56.3 Å². The topological polar surface area (TPSA) is 12.0 Å². The first-order chi connectivity index (χ1) is 13.3. The Hall–Kier alpha value is -1.66. The van der Waals surface area contributed by atoms with Crippen LogP contribution in [0.2, 0.25) is 0 Å². The molecule has 0 aliphatic heterocycles. The van der Waals surface area contributed by atoms with Gasteiger partial charge in [-0.25, -0.2) is 0 Å². The van der Waals surface area contributed by atoms with Crippen LogP contribution in [0.4, 0.5) is 0 Å². The van der Waals surface area contributed by atoms with Crippen molar-refractivity contribution in [3.8, 4) is 0 Å². The van der Waals surface area contributed by atoms with Crippen molar-refractivity contribution >= 4 is 23.2 Å². The number of benzene rings is 3. The first-order valence-corrected chi connectivity index (χ1v) is 11.9. The molecule has 0 fully saturated rings. The van der Waals surface area contributed by atoms with Crippen molar-refractivity contribution in [3.05, 3.63) is 91.0 Å². The molecule has 1 N–H and O–H groups in total. The van der Waals surface area contributed by atoms with Gasteiger partial charge in [-0.15, -0.1) is 0 Å². The van der Waals surface area contributed by atoms with E-state index in [4.69, 9.17) is 0 Å². The summed E-state index contributed by atoms with van der Waals surface area (Å²) in [6.45, 7) is 2.28. The molecule has 28 heavy (non-hydrogen) atoms. The van der Waals surface area contributed by atoms with Crippen molar-refractivity contribution in [1.29, 1.82) is 0 Å². The summed E-state index contributed by atoms with van der Waals surface area (Å²) in [5.74, 6) is 0.427. The van der Waals surface area contributed by atoms with E-state index in [1.165, 1.54) is 41.6 Å². The molecule has 3 rings (SSSR count). The molecule has 1 nitrogen and oxygen atoms in total. The number of hydrogen-bond donors (Lipinski definition) is 1. The molecule has 1 atom stereocenters. The SMILES string of the molecule is CCCCCC(NC)[P+](c1ccccc1)(c1ccccc1)c1ccccc1.[Cl-]. The van der Waals surface area contributed by atoms with Gasteiger partial charge >= 0.3 is 0 Å². The lowest BCUT2D eigenvalue weighted by Gasteiger charge is -2.34. The van der Waals surface area contributed by atoms with Gasteiger partial charge in [0.25, 0.3) is 0 Å². The molecule has 3 heteroatoms. The fourth-order valence-corrected chi connectivity index (χ4v) is 8.95. The van der Waals surface area contributed by atoms with Crippen molar-refractivity contribution in [2.45, 2.75) is 38.4 Å². The van der Waals surface area contributed by atoms with E-state index in [-0.39, 0.29) is 12.4 Å². The Morgan fingerprint density at radius 1 is 0.679 bits per heavy atom. The van der Waals surface area contributed by atoms with Crippen molar-refractivity contribution in [1.82, 2.24) is 5.32 Å². The fraction of sp³-hybridized carbons (Fsp3) is 0.280. The third kappa shape index (κ3) is 4.66. The second kappa shape index (κ2) is 11.4. The summed E-state index contributed by atoms with van der Waals surface area (Å²) in [6, 6.07) is 33.5. The minimum Gasteiger partial charge on any atom is -1.00 e. The van der Waals surface area contributed by atoms with Gasteiger partial charge in [0.05, 0.1) is 0 Å². The third-order valence-electron chi connectivity index (χ3n) is 5.37. The van der Waals surface area contributed by atoms with E-state index in [2.05, 4.69) is 110 Å². The van der Waals surface area contributed by atoms with Crippen LogP contribution in [0.15, 0.2) is 91.0 Å². The van der Waals surface area contributed by atoms with Crippen molar-refractivity contribution in [2.75, 3.05) is 7.05 Å². The summed E-state index contributed by atoms with van der Waals surface area (Å²) >= 11 is 0. The van der Waals surface area contributed by atoms with Crippen molar-refractivity contribution in [3.63, 3.8) is 0 Å². The number of halogens is 1. The largest absolute Gasteiger partial charge is 1.00 e. The maximum Gasteiger partial charge on any atom is 0.133 e. The monoisotopic (exact) mass is 411 g/mol. The van der Waals surface area contributed by atoms with Crippen molar-refractivity contribution in [2.24, 2.45) is 0 Å².